The van der Waals surface area contributed by atoms with Gasteiger partial charge < -0.3 is 14.2 Å². The lowest BCUT2D eigenvalue weighted by Gasteiger charge is -2.27. The highest BCUT2D eigenvalue weighted by molar-refractivity contribution is 6.30. The van der Waals surface area contributed by atoms with Crippen molar-refractivity contribution in [2.75, 3.05) is 13.1 Å². The number of fused-ring (bicyclic) bond motifs is 1. The van der Waals surface area contributed by atoms with Crippen LogP contribution in [0.2, 0.25) is 5.02 Å². The van der Waals surface area contributed by atoms with E-state index in [9.17, 15) is 4.79 Å². The fourth-order valence-electron chi connectivity index (χ4n) is 3.47. The number of likely N-dealkylation sites (tertiary alicyclic amines) is 1. The van der Waals surface area contributed by atoms with Crippen molar-refractivity contribution in [1.82, 2.24) is 14.5 Å². The molecule has 0 aliphatic carbocycles. The number of rotatable bonds is 5. The molecule has 27 heavy (non-hydrogen) atoms. The summed E-state index contributed by atoms with van der Waals surface area (Å²) in [5.41, 5.74) is 1.83. The topological polar surface area (TPSA) is 47.4 Å². The summed E-state index contributed by atoms with van der Waals surface area (Å²) >= 11 is 5.92. The third-order valence-corrected chi connectivity index (χ3v) is 5.17. The summed E-state index contributed by atoms with van der Waals surface area (Å²) in [7, 11) is 0. The second kappa shape index (κ2) is 8.01. The highest BCUT2D eigenvalue weighted by Crippen LogP contribution is 2.20. The third kappa shape index (κ3) is 4.08. The summed E-state index contributed by atoms with van der Waals surface area (Å²) in [5.74, 6) is 1.61. The van der Waals surface area contributed by atoms with E-state index in [-0.39, 0.29) is 5.91 Å². The van der Waals surface area contributed by atoms with Crippen LogP contribution < -0.4 is 4.74 Å². The summed E-state index contributed by atoms with van der Waals surface area (Å²) in [6.45, 7) is 2.29. The van der Waals surface area contributed by atoms with Crippen molar-refractivity contribution in [3.8, 4) is 5.75 Å². The average Bonchev–Trinajstić information content (AvgIpc) is 3.06. The van der Waals surface area contributed by atoms with E-state index in [0.29, 0.717) is 18.2 Å². The predicted octanol–water partition coefficient (Wildman–Crippen LogP) is 4.28. The number of imidazole rings is 1. The molecular weight excluding hydrogens is 362 g/mol. The maximum atomic E-state index is 12.8. The number of amides is 1. The van der Waals surface area contributed by atoms with E-state index in [4.69, 9.17) is 16.3 Å². The number of nitrogens with zero attached hydrogens (tertiary/aromatic N) is 3. The molecule has 2 heterocycles. The quantitative estimate of drug-likeness (QED) is 0.660. The summed E-state index contributed by atoms with van der Waals surface area (Å²) in [6.07, 6.45) is 3.38. The molecule has 0 bridgehead atoms. The number of ether oxygens (including phenoxy) is 1. The third-order valence-electron chi connectivity index (χ3n) is 4.92. The van der Waals surface area contributed by atoms with E-state index >= 15 is 0 Å². The van der Waals surface area contributed by atoms with Crippen molar-refractivity contribution in [2.24, 2.45) is 0 Å². The van der Waals surface area contributed by atoms with Crippen LogP contribution in [0.15, 0.2) is 48.5 Å². The van der Waals surface area contributed by atoms with Crippen LogP contribution >= 0.6 is 11.6 Å². The molecule has 0 saturated carbocycles. The van der Waals surface area contributed by atoms with E-state index < -0.39 is 0 Å². The molecule has 1 amide bonds. The van der Waals surface area contributed by atoms with Crippen LogP contribution in [0.1, 0.15) is 25.1 Å². The van der Waals surface area contributed by atoms with E-state index in [2.05, 4.69) is 4.98 Å². The molecule has 2 aromatic carbocycles. The first kappa shape index (κ1) is 17.9. The molecule has 3 aromatic rings. The fraction of sp³-hybridized carbons (Fsp3) is 0.333. The van der Waals surface area contributed by atoms with Crippen molar-refractivity contribution >= 4 is 28.5 Å². The van der Waals surface area contributed by atoms with Crippen LogP contribution in [-0.4, -0.2) is 33.4 Å². The second-order valence-corrected chi connectivity index (χ2v) is 7.22. The number of piperidine rings is 1. The maximum absolute atomic E-state index is 12.8. The smallest absolute Gasteiger partial charge is 0.242 e. The predicted molar refractivity (Wildman–Crippen MR) is 106 cm³/mol. The zero-order valence-corrected chi connectivity index (χ0v) is 15.9. The number of hydrogen-bond acceptors (Lipinski definition) is 3. The minimum atomic E-state index is 0.144. The summed E-state index contributed by atoms with van der Waals surface area (Å²) in [5, 5.41) is 0.668. The maximum Gasteiger partial charge on any atom is 0.242 e. The van der Waals surface area contributed by atoms with Gasteiger partial charge in [0.15, 0.2) is 0 Å². The summed E-state index contributed by atoms with van der Waals surface area (Å²) in [4.78, 5) is 19.4. The first-order valence-electron chi connectivity index (χ1n) is 9.31. The Morgan fingerprint density at radius 1 is 1.04 bits per heavy atom. The number of hydrogen-bond donors (Lipinski definition) is 0. The molecule has 6 heteroatoms. The number of carbonyl (C=O) groups is 1. The van der Waals surface area contributed by atoms with Crippen LogP contribution in [0.25, 0.3) is 11.0 Å². The Kier molecular flexibility index (Phi) is 5.30. The lowest BCUT2D eigenvalue weighted by Crippen LogP contribution is -2.38. The van der Waals surface area contributed by atoms with Crippen LogP contribution in [-0.2, 0) is 17.9 Å². The Bertz CT molecular complexity index is 930. The van der Waals surface area contributed by atoms with Gasteiger partial charge in [-0.1, -0.05) is 23.7 Å². The molecule has 4 rings (SSSR count). The van der Waals surface area contributed by atoms with Crippen LogP contribution in [0.5, 0.6) is 5.75 Å². The van der Waals surface area contributed by atoms with Gasteiger partial charge in [-0.25, -0.2) is 4.98 Å². The molecule has 0 N–H and O–H groups in total. The molecule has 0 unspecified atom stereocenters. The van der Waals surface area contributed by atoms with Gasteiger partial charge in [-0.2, -0.15) is 0 Å². The molecule has 140 valence electrons. The monoisotopic (exact) mass is 383 g/mol. The molecule has 0 radical (unpaired) electrons. The van der Waals surface area contributed by atoms with Crippen molar-refractivity contribution in [2.45, 2.75) is 32.4 Å². The number of halogens is 1. The molecular formula is C21H22ClN3O2. The van der Waals surface area contributed by atoms with Gasteiger partial charge in [0.1, 0.15) is 24.7 Å². The summed E-state index contributed by atoms with van der Waals surface area (Å²) in [6, 6.07) is 15.1. The van der Waals surface area contributed by atoms with Gasteiger partial charge in [-0.15, -0.1) is 0 Å². The van der Waals surface area contributed by atoms with Crippen LogP contribution in [0.4, 0.5) is 0 Å². The molecule has 0 spiro atoms. The Balaban J connectivity index is 1.56. The van der Waals surface area contributed by atoms with Crippen molar-refractivity contribution in [3.63, 3.8) is 0 Å². The van der Waals surface area contributed by atoms with Gasteiger partial charge in [-0.05, 0) is 55.7 Å². The SMILES string of the molecule is O=C(Cn1c(COc2ccc(Cl)cc2)nc2ccccc21)N1CCCCC1. The van der Waals surface area contributed by atoms with Gasteiger partial charge in [-0.3, -0.25) is 4.79 Å². The standard InChI is InChI=1S/C21H22ClN3O2/c22-16-8-10-17(11-9-16)27-15-20-23-18-6-2-3-7-19(18)25(20)14-21(26)24-12-4-1-5-13-24/h2-3,6-11H,1,4-5,12-15H2. The minimum Gasteiger partial charge on any atom is -0.486 e. The largest absolute Gasteiger partial charge is 0.486 e. The van der Waals surface area contributed by atoms with Gasteiger partial charge in [0, 0.05) is 18.1 Å². The van der Waals surface area contributed by atoms with Crippen LogP contribution in [0, 0.1) is 0 Å². The second-order valence-electron chi connectivity index (χ2n) is 6.79. The lowest BCUT2D eigenvalue weighted by molar-refractivity contribution is -0.132. The molecule has 1 aliphatic heterocycles. The van der Waals surface area contributed by atoms with Crippen molar-refractivity contribution in [3.05, 3.63) is 59.4 Å². The molecule has 1 aliphatic rings. The first-order chi connectivity index (χ1) is 13.2. The average molecular weight is 384 g/mol. The lowest BCUT2D eigenvalue weighted by atomic mass is 10.1. The zero-order chi connectivity index (χ0) is 18.6. The van der Waals surface area contributed by atoms with Crippen molar-refractivity contribution in [1.29, 1.82) is 0 Å². The molecule has 0 atom stereocenters. The fourth-order valence-corrected chi connectivity index (χ4v) is 3.60. The Labute approximate surface area is 163 Å². The van der Waals surface area contributed by atoms with Crippen molar-refractivity contribution < 1.29 is 9.53 Å². The Morgan fingerprint density at radius 2 is 1.78 bits per heavy atom. The first-order valence-corrected chi connectivity index (χ1v) is 9.69. The number of para-hydroxylation sites is 2. The molecule has 5 nitrogen and oxygen atoms in total. The summed E-state index contributed by atoms with van der Waals surface area (Å²) < 4.78 is 7.85. The van der Waals surface area contributed by atoms with Gasteiger partial charge in [0.05, 0.1) is 11.0 Å². The van der Waals surface area contributed by atoms with Gasteiger partial charge in [0.25, 0.3) is 0 Å². The number of carbonyl (C=O) groups excluding carboxylic acids is 1. The highest BCUT2D eigenvalue weighted by Gasteiger charge is 2.20. The normalized spacial score (nSPS) is 14.5. The Hall–Kier alpha value is -2.53. The van der Waals surface area contributed by atoms with Gasteiger partial charge >= 0.3 is 0 Å². The molecule has 1 aromatic heterocycles. The highest BCUT2D eigenvalue weighted by atomic mass is 35.5. The van der Waals surface area contributed by atoms with E-state index in [1.54, 1.807) is 12.1 Å². The molecule has 1 saturated heterocycles. The van der Waals surface area contributed by atoms with Gasteiger partial charge in [0.2, 0.25) is 5.91 Å². The Morgan fingerprint density at radius 3 is 2.56 bits per heavy atom. The van der Waals surface area contributed by atoms with Crippen LogP contribution in [0.3, 0.4) is 0 Å². The minimum absolute atomic E-state index is 0.144. The number of benzene rings is 2. The number of aromatic nitrogens is 2. The zero-order valence-electron chi connectivity index (χ0n) is 15.1. The van der Waals surface area contributed by atoms with E-state index in [0.717, 1.165) is 48.5 Å². The van der Waals surface area contributed by atoms with E-state index in [1.807, 2.05) is 45.9 Å². The molecule has 1 fully saturated rings. The van der Waals surface area contributed by atoms with E-state index in [1.165, 1.54) is 6.42 Å².